The minimum atomic E-state index is -1.10. The normalized spacial score (nSPS) is 20.7. The third-order valence-electron chi connectivity index (χ3n) is 11.8. The van der Waals surface area contributed by atoms with Gasteiger partial charge in [0.1, 0.15) is 23.2 Å². The number of likely N-dealkylation sites (tertiary alicyclic amines) is 1. The predicted molar refractivity (Wildman–Crippen MR) is 202 cm³/mol. The van der Waals surface area contributed by atoms with E-state index in [1.165, 1.54) is 12.3 Å². The summed E-state index contributed by atoms with van der Waals surface area (Å²) in [5.74, 6) is -2.03. The lowest BCUT2D eigenvalue weighted by Crippen LogP contribution is -2.54. The fourth-order valence-corrected chi connectivity index (χ4v) is 8.48. The van der Waals surface area contributed by atoms with E-state index in [0.29, 0.717) is 54.2 Å². The summed E-state index contributed by atoms with van der Waals surface area (Å²) in [5.41, 5.74) is 2.46. The Labute approximate surface area is 324 Å². The number of imide groups is 2. The number of aromatic nitrogens is 5. The van der Waals surface area contributed by atoms with Crippen LogP contribution in [0.15, 0.2) is 55.1 Å². The molecular formula is C40H39FN10O6. The highest BCUT2D eigenvalue weighted by Crippen LogP contribution is 2.37. The Morgan fingerprint density at radius 2 is 1.75 bits per heavy atom. The molecule has 10 rings (SSSR count). The Kier molecular flexibility index (Phi) is 8.49. The summed E-state index contributed by atoms with van der Waals surface area (Å²) in [6, 6.07) is 7.19. The smallest absolute Gasteiger partial charge is 0.262 e. The third-order valence-corrected chi connectivity index (χ3v) is 11.8. The maximum absolute atomic E-state index is 15.4. The molecule has 0 spiro atoms. The zero-order chi connectivity index (χ0) is 38.9. The van der Waals surface area contributed by atoms with E-state index >= 15 is 4.39 Å². The van der Waals surface area contributed by atoms with Gasteiger partial charge in [0.15, 0.2) is 5.65 Å². The van der Waals surface area contributed by atoms with Crippen LogP contribution in [0.3, 0.4) is 0 Å². The van der Waals surface area contributed by atoms with Gasteiger partial charge in [0, 0.05) is 75.1 Å². The van der Waals surface area contributed by atoms with Gasteiger partial charge in [0.2, 0.25) is 11.8 Å². The summed E-state index contributed by atoms with van der Waals surface area (Å²) in [4.78, 5) is 73.3. The highest BCUT2D eigenvalue weighted by atomic mass is 19.1. The van der Waals surface area contributed by atoms with E-state index in [1.54, 1.807) is 23.0 Å². The maximum atomic E-state index is 15.4. The molecule has 292 valence electrons. The fraction of sp³-hybridized carbons (Fsp3) is 0.400. The molecule has 1 aliphatic carbocycles. The number of fused-ring (bicyclic) bond motifs is 3. The lowest BCUT2D eigenvalue weighted by Gasteiger charge is -2.44. The van der Waals surface area contributed by atoms with Gasteiger partial charge in [-0.1, -0.05) is 0 Å². The van der Waals surface area contributed by atoms with Crippen molar-refractivity contribution in [3.05, 3.63) is 77.6 Å². The number of anilines is 2. The number of hydrogen-bond acceptors (Lipinski definition) is 11. The molecule has 57 heavy (non-hydrogen) atoms. The molecule has 3 aromatic heterocycles. The highest BCUT2D eigenvalue weighted by molar-refractivity contribution is 6.23. The molecule has 16 nitrogen and oxygen atoms in total. The van der Waals surface area contributed by atoms with Gasteiger partial charge in [0.25, 0.3) is 17.7 Å². The summed E-state index contributed by atoms with van der Waals surface area (Å²) >= 11 is 0. The quantitative estimate of drug-likeness (QED) is 0.199. The minimum Gasteiger partial charge on any atom is -0.491 e. The Hall–Kier alpha value is -6.23. The number of ether oxygens (including phenoxy) is 1. The number of carbonyl (C=O) groups excluding carboxylic acids is 5. The largest absolute Gasteiger partial charge is 0.491 e. The molecule has 5 amide bonds. The van der Waals surface area contributed by atoms with Crippen molar-refractivity contribution in [2.75, 3.05) is 49.5 Å². The monoisotopic (exact) mass is 774 g/mol. The zero-order valence-corrected chi connectivity index (χ0v) is 30.9. The van der Waals surface area contributed by atoms with Crippen molar-refractivity contribution < 1.29 is 33.1 Å². The molecule has 0 radical (unpaired) electrons. The Balaban J connectivity index is 0.766. The van der Waals surface area contributed by atoms with E-state index in [9.17, 15) is 24.0 Å². The number of halogens is 1. The average molecular weight is 775 g/mol. The van der Waals surface area contributed by atoms with Crippen LogP contribution < -0.4 is 20.3 Å². The summed E-state index contributed by atoms with van der Waals surface area (Å²) in [5, 5.41) is 15.3. The molecule has 1 unspecified atom stereocenters. The Morgan fingerprint density at radius 3 is 2.53 bits per heavy atom. The van der Waals surface area contributed by atoms with E-state index in [2.05, 4.69) is 25.6 Å². The number of nitrogens with one attached hydrogen (secondary N) is 2. The van der Waals surface area contributed by atoms with Crippen molar-refractivity contribution in [2.24, 2.45) is 11.8 Å². The van der Waals surface area contributed by atoms with E-state index in [4.69, 9.17) is 9.84 Å². The van der Waals surface area contributed by atoms with Crippen LogP contribution in [0.4, 0.5) is 15.8 Å². The number of carbonyl (C=O) groups is 5. The zero-order valence-electron chi connectivity index (χ0n) is 30.9. The summed E-state index contributed by atoms with van der Waals surface area (Å²) in [6.07, 6.45) is 11.0. The second-order valence-electron chi connectivity index (χ2n) is 15.8. The summed E-state index contributed by atoms with van der Waals surface area (Å²) in [6.45, 7) is 4.40. The average Bonchev–Trinajstić information content (AvgIpc) is 3.68. The maximum Gasteiger partial charge on any atom is 0.262 e. The van der Waals surface area contributed by atoms with Crippen molar-refractivity contribution >= 4 is 57.5 Å². The Morgan fingerprint density at radius 1 is 0.965 bits per heavy atom. The lowest BCUT2D eigenvalue weighted by molar-refractivity contribution is -0.136. The van der Waals surface area contributed by atoms with E-state index in [-0.39, 0.29) is 41.6 Å². The van der Waals surface area contributed by atoms with Crippen LogP contribution in [0.5, 0.6) is 5.75 Å². The topological polar surface area (TPSA) is 176 Å². The summed E-state index contributed by atoms with van der Waals surface area (Å²) in [7, 11) is 0. The van der Waals surface area contributed by atoms with E-state index in [0.717, 1.165) is 67.2 Å². The molecule has 0 bridgehead atoms. The van der Waals surface area contributed by atoms with Crippen LogP contribution in [0, 0.1) is 17.7 Å². The second-order valence-corrected chi connectivity index (χ2v) is 15.8. The van der Waals surface area contributed by atoms with Crippen molar-refractivity contribution in [1.29, 1.82) is 0 Å². The van der Waals surface area contributed by atoms with Crippen LogP contribution in [0.2, 0.25) is 0 Å². The van der Waals surface area contributed by atoms with Gasteiger partial charge in [-0.2, -0.15) is 10.2 Å². The molecule has 7 heterocycles. The Bertz CT molecular complexity index is 2500. The molecule has 17 heteroatoms. The van der Waals surface area contributed by atoms with Crippen LogP contribution >= 0.6 is 0 Å². The molecule has 2 aromatic carbocycles. The second kappa shape index (κ2) is 13.8. The third kappa shape index (κ3) is 6.44. The number of hydrogen-bond donors (Lipinski definition) is 2. The van der Waals surface area contributed by atoms with Gasteiger partial charge in [-0.15, -0.1) is 0 Å². The van der Waals surface area contributed by atoms with E-state index < -0.39 is 35.5 Å². The van der Waals surface area contributed by atoms with Crippen LogP contribution in [-0.2, 0) is 9.59 Å². The molecule has 1 saturated carbocycles. The first-order chi connectivity index (χ1) is 27.7. The number of amides is 5. The van der Waals surface area contributed by atoms with Gasteiger partial charge in [0.05, 0.1) is 46.9 Å². The van der Waals surface area contributed by atoms with Gasteiger partial charge in [-0.05, 0) is 62.3 Å². The van der Waals surface area contributed by atoms with Crippen molar-refractivity contribution in [3.8, 4) is 5.75 Å². The molecule has 4 aliphatic heterocycles. The highest BCUT2D eigenvalue weighted by Gasteiger charge is 2.46. The number of rotatable bonds is 10. The predicted octanol–water partition coefficient (Wildman–Crippen LogP) is 3.43. The van der Waals surface area contributed by atoms with Gasteiger partial charge in [-0.3, -0.25) is 38.9 Å². The van der Waals surface area contributed by atoms with Gasteiger partial charge in [-0.25, -0.2) is 13.9 Å². The molecule has 4 fully saturated rings. The molecule has 5 aromatic rings. The van der Waals surface area contributed by atoms with Crippen molar-refractivity contribution in [1.82, 2.24) is 39.5 Å². The fourth-order valence-electron chi connectivity index (χ4n) is 8.48. The minimum absolute atomic E-state index is 0.0155. The summed E-state index contributed by atoms with van der Waals surface area (Å²) < 4.78 is 25.2. The van der Waals surface area contributed by atoms with Crippen LogP contribution in [-0.4, -0.2) is 109 Å². The van der Waals surface area contributed by atoms with Crippen molar-refractivity contribution in [3.63, 3.8) is 0 Å². The number of benzene rings is 2. The van der Waals surface area contributed by atoms with Gasteiger partial charge >= 0.3 is 0 Å². The van der Waals surface area contributed by atoms with Crippen LogP contribution in [0.1, 0.15) is 75.6 Å². The van der Waals surface area contributed by atoms with E-state index in [1.807, 2.05) is 27.9 Å². The first kappa shape index (κ1) is 35.2. The SMILES string of the molecule is O=C1CCC(N2C(=O)c3cc(F)c(N4CC(CN5CCC(n6cc7cc(NC(=O)c8cnn9cccnc89)c(OCC8CC8)cc7n6)CC5)C4)cc3C2=O)C(=O)N1. The molecule has 2 N–H and O–H groups in total. The van der Waals surface area contributed by atoms with Crippen molar-refractivity contribution in [2.45, 2.75) is 50.6 Å². The molecule has 5 aliphatic rings. The van der Waals surface area contributed by atoms with Gasteiger partial charge < -0.3 is 19.9 Å². The molecule has 1 atom stereocenters. The molecule has 3 saturated heterocycles. The lowest BCUT2D eigenvalue weighted by atomic mass is 9.95. The first-order valence-electron chi connectivity index (χ1n) is 19.4. The number of piperidine rings is 2. The van der Waals surface area contributed by atoms with Crippen LogP contribution in [0.25, 0.3) is 16.6 Å². The number of nitrogens with zero attached hydrogens (tertiary/aromatic N) is 8. The first-order valence-corrected chi connectivity index (χ1v) is 19.4. The standard InChI is InChI=1S/C40H39FN10O6/c41-29-13-26-27(40(56)51(39(26)55)32-4-5-35(52)45-38(32)54)14-33(29)48-18-23(19-48)17-47-10-6-25(7-11-47)50-20-24-12-31(34(15-30(24)46-50)57-21-22-2-3-22)44-37(53)28-16-43-49-9-1-8-42-36(28)49/h1,8-9,12-16,20,22-23,25,32H,2-7,10-11,17-19,21H2,(H,44,53)(H,45,52,54). The molecular weight excluding hydrogens is 736 g/mol.